The molecule has 3 N–H and O–H groups in total. The molecule has 0 aliphatic rings. The molecule has 0 amide bonds. The van der Waals surface area contributed by atoms with Gasteiger partial charge >= 0.3 is 5.97 Å². The van der Waals surface area contributed by atoms with Gasteiger partial charge in [-0.3, -0.25) is 0 Å². The monoisotopic (exact) mass is 365 g/mol. The van der Waals surface area contributed by atoms with Crippen LogP contribution in [0.15, 0.2) is 55.1 Å². The zero-order valence-corrected chi connectivity index (χ0v) is 15.3. The second kappa shape index (κ2) is 8.20. The maximum Gasteiger partial charge on any atom is 0.335 e. The molecule has 3 rings (SSSR count). The molecule has 0 saturated heterocycles. The van der Waals surface area contributed by atoms with E-state index in [2.05, 4.69) is 6.58 Å². The van der Waals surface area contributed by atoms with Crippen LogP contribution in [0.1, 0.15) is 18.9 Å². The number of nitrogens with two attached hydrogens (primary N) is 1. The summed E-state index contributed by atoms with van der Waals surface area (Å²) in [6.45, 7) is 5.68. The number of rotatable bonds is 7. The summed E-state index contributed by atoms with van der Waals surface area (Å²) in [5.74, 6) is -0.0117. The first kappa shape index (κ1) is 18.9. The van der Waals surface area contributed by atoms with Gasteiger partial charge in [0.15, 0.2) is 6.29 Å². The normalized spacial score (nSPS) is 12.2. The topological polar surface area (TPSA) is 81.8 Å². The molecule has 0 aromatic heterocycles. The molecule has 0 aliphatic heterocycles. The van der Waals surface area contributed by atoms with E-state index in [9.17, 15) is 9.90 Å². The Balaban J connectivity index is 1.92. The smallest absolute Gasteiger partial charge is 0.335 e. The van der Waals surface area contributed by atoms with Gasteiger partial charge in [0.05, 0.1) is 6.61 Å². The molecule has 0 aliphatic carbocycles. The molecule has 0 spiro atoms. The number of carbonyl (C=O) groups excluding carboxylic acids is 1. The Bertz CT molecular complexity index is 996. The number of ether oxygens (including phenoxy) is 2. The fourth-order valence-corrected chi connectivity index (χ4v) is 3.06. The lowest BCUT2D eigenvalue weighted by Crippen LogP contribution is -2.12. The number of hydrogen-bond donors (Lipinski definition) is 2. The highest BCUT2D eigenvalue weighted by Gasteiger charge is 2.10. The van der Waals surface area contributed by atoms with Gasteiger partial charge in [-0.05, 0) is 46.7 Å². The number of fused-ring (bicyclic) bond motifs is 3. The summed E-state index contributed by atoms with van der Waals surface area (Å²) < 4.78 is 10.5. The van der Waals surface area contributed by atoms with Crippen molar-refractivity contribution in [1.29, 1.82) is 0 Å². The molecule has 1 unspecified atom stereocenters. The average molecular weight is 365 g/mol. The van der Waals surface area contributed by atoms with Crippen molar-refractivity contribution in [3.63, 3.8) is 0 Å². The van der Waals surface area contributed by atoms with Gasteiger partial charge in [-0.2, -0.15) is 0 Å². The quantitative estimate of drug-likeness (QED) is 0.165. The Kier molecular flexibility index (Phi) is 5.74. The first-order chi connectivity index (χ1) is 13.0. The molecule has 3 aromatic rings. The molecule has 140 valence electrons. The second-order valence-corrected chi connectivity index (χ2v) is 6.29. The van der Waals surface area contributed by atoms with Crippen LogP contribution in [0, 0.1) is 0 Å². The Morgan fingerprint density at radius 2 is 1.93 bits per heavy atom. The SMILES string of the molecule is C=CC(=O)Oc1ccc2c(ccc3c(N)c(CCOC(O)CC)ccc32)c1. The van der Waals surface area contributed by atoms with E-state index in [0.717, 1.165) is 33.2 Å². The maximum absolute atomic E-state index is 11.4. The van der Waals surface area contributed by atoms with Crippen molar-refractivity contribution in [2.45, 2.75) is 26.1 Å². The fraction of sp³-hybridized carbons (Fsp3) is 0.227. The van der Waals surface area contributed by atoms with Crippen LogP contribution in [0.4, 0.5) is 5.69 Å². The van der Waals surface area contributed by atoms with Gasteiger partial charge in [-0.15, -0.1) is 0 Å². The van der Waals surface area contributed by atoms with Gasteiger partial charge in [0.1, 0.15) is 5.75 Å². The van der Waals surface area contributed by atoms with E-state index in [4.69, 9.17) is 15.2 Å². The Morgan fingerprint density at radius 1 is 1.19 bits per heavy atom. The van der Waals surface area contributed by atoms with Gasteiger partial charge in [0.25, 0.3) is 0 Å². The lowest BCUT2D eigenvalue weighted by molar-refractivity contribution is -0.128. The van der Waals surface area contributed by atoms with E-state index >= 15 is 0 Å². The molecular formula is C22H23NO4. The van der Waals surface area contributed by atoms with Gasteiger partial charge in [-0.25, -0.2) is 4.79 Å². The Hall–Kier alpha value is -2.89. The standard InChI is InChI=1S/C22H23NO4/c1-3-20(24)26-12-11-14-5-8-18-17-10-7-16(27-21(25)4-2)13-15(17)6-9-19(18)22(14)23/h4-10,13,20,24H,2-3,11-12,23H2,1H3. The Morgan fingerprint density at radius 3 is 2.67 bits per heavy atom. The van der Waals surface area contributed by atoms with Crippen LogP contribution in [0.3, 0.4) is 0 Å². The number of aliphatic hydroxyl groups is 1. The summed E-state index contributed by atoms with van der Waals surface area (Å²) >= 11 is 0. The van der Waals surface area contributed by atoms with E-state index in [1.165, 1.54) is 0 Å². The first-order valence-electron chi connectivity index (χ1n) is 8.91. The van der Waals surface area contributed by atoms with Crippen molar-refractivity contribution in [1.82, 2.24) is 0 Å². The van der Waals surface area contributed by atoms with Crippen LogP contribution in [0.2, 0.25) is 0 Å². The van der Waals surface area contributed by atoms with Crippen molar-refractivity contribution in [3.05, 3.63) is 60.7 Å². The number of nitrogen functional groups attached to an aromatic ring is 1. The van der Waals surface area contributed by atoms with Gasteiger partial charge < -0.3 is 20.3 Å². The predicted molar refractivity (Wildman–Crippen MR) is 108 cm³/mol. The highest BCUT2D eigenvalue weighted by Crippen LogP contribution is 2.33. The lowest BCUT2D eigenvalue weighted by Gasteiger charge is -2.13. The molecule has 0 heterocycles. The van der Waals surface area contributed by atoms with Crippen molar-refractivity contribution >= 4 is 33.2 Å². The van der Waals surface area contributed by atoms with E-state index in [-0.39, 0.29) is 0 Å². The van der Waals surface area contributed by atoms with Gasteiger partial charge in [0, 0.05) is 17.1 Å². The minimum absolute atomic E-state index is 0.413. The summed E-state index contributed by atoms with van der Waals surface area (Å²) in [5.41, 5.74) is 8.08. The highest BCUT2D eigenvalue weighted by molar-refractivity contribution is 6.11. The van der Waals surface area contributed by atoms with Gasteiger partial charge in [0.2, 0.25) is 0 Å². The number of benzene rings is 3. The molecule has 0 radical (unpaired) electrons. The molecule has 0 saturated carbocycles. The number of aliphatic hydroxyl groups excluding tert-OH is 1. The summed E-state index contributed by atoms with van der Waals surface area (Å²) in [5, 5.41) is 13.5. The third-order valence-corrected chi connectivity index (χ3v) is 4.54. The van der Waals surface area contributed by atoms with Crippen molar-refractivity contribution < 1.29 is 19.4 Å². The predicted octanol–water partition coefficient (Wildman–Crippen LogP) is 3.95. The van der Waals surface area contributed by atoms with Crippen LogP contribution in [-0.4, -0.2) is 24.0 Å². The van der Waals surface area contributed by atoms with Crippen LogP contribution < -0.4 is 10.5 Å². The molecular weight excluding hydrogens is 342 g/mol. The van der Waals surface area contributed by atoms with Crippen LogP contribution in [0.25, 0.3) is 21.5 Å². The van der Waals surface area contributed by atoms with E-state index in [0.29, 0.717) is 30.9 Å². The summed E-state index contributed by atoms with van der Waals surface area (Å²) in [4.78, 5) is 11.4. The van der Waals surface area contributed by atoms with Crippen molar-refractivity contribution in [3.8, 4) is 5.75 Å². The third-order valence-electron chi connectivity index (χ3n) is 4.54. The molecule has 27 heavy (non-hydrogen) atoms. The average Bonchev–Trinajstić information content (AvgIpc) is 2.68. The summed E-state index contributed by atoms with van der Waals surface area (Å²) in [6.07, 6.45) is 1.59. The molecule has 0 bridgehead atoms. The van der Waals surface area contributed by atoms with Crippen LogP contribution in [-0.2, 0) is 16.0 Å². The summed E-state index contributed by atoms with van der Waals surface area (Å²) in [6, 6.07) is 13.5. The second-order valence-electron chi connectivity index (χ2n) is 6.29. The molecule has 1 atom stereocenters. The van der Waals surface area contributed by atoms with E-state index in [1.54, 1.807) is 6.07 Å². The summed E-state index contributed by atoms with van der Waals surface area (Å²) in [7, 11) is 0. The minimum atomic E-state index is -0.736. The van der Waals surface area contributed by atoms with E-state index < -0.39 is 12.3 Å². The van der Waals surface area contributed by atoms with E-state index in [1.807, 2.05) is 43.3 Å². The first-order valence-corrected chi connectivity index (χ1v) is 8.91. The minimum Gasteiger partial charge on any atom is -0.423 e. The molecule has 0 fully saturated rings. The molecule has 5 nitrogen and oxygen atoms in total. The molecule has 5 heteroatoms. The number of anilines is 1. The zero-order chi connectivity index (χ0) is 19.4. The largest absolute Gasteiger partial charge is 0.423 e. The van der Waals surface area contributed by atoms with Crippen LogP contribution >= 0.6 is 0 Å². The number of hydrogen-bond acceptors (Lipinski definition) is 5. The third kappa shape index (κ3) is 4.10. The lowest BCUT2D eigenvalue weighted by atomic mass is 9.97. The highest BCUT2D eigenvalue weighted by atomic mass is 16.6. The van der Waals surface area contributed by atoms with Gasteiger partial charge in [-0.1, -0.05) is 43.8 Å². The fourth-order valence-electron chi connectivity index (χ4n) is 3.06. The van der Waals surface area contributed by atoms with Crippen molar-refractivity contribution in [2.24, 2.45) is 0 Å². The zero-order valence-electron chi connectivity index (χ0n) is 15.3. The maximum atomic E-state index is 11.4. The number of esters is 1. The molecule has 3 aromatic carbocycles. The van der Waals surface area contributed by atoms with Crippen LogP contribution in [0.5, 0.6) is 5.75 Å². The number of carbonyl (C=O) groups is 1. The van der Waals surface area contributed by atoms with Crippen molar-refractivity contribution in [2.75, 3.05) is 12.3 Å². The Labute approximate surface area is 158 Å².